The van der Waals surface area contributed by atoms with Crippen LogP contribution in [0.3, 0.4) is 0 Å². The molecule has 3 aromatic rings. The van der Waals surface area contributed by atoms with Crippen LogP contribution in [0.15, 0.2) is 65.3 Å². The quantitative estimate of drug-likeness (QED) is 0.230. The standard InChI is InChI=1S/C18H17.C9H13.C2H6Si.Zr/c1-12-10-16(11-13(2)14(12)3)18-9-8-15-6-4-5-7-17(15)18;1-6-5-7(2)9(4)8(6)3;1-3-2;/h4-11H,1-3H3;6H,1-4H3;1-2H3;/q2*-1;;+2. The Morgan fingerprint density at radius 1 is 0.935 bits per heavy atom. The van der Waals surface area contributed by atoms with Crippen molar-refractivity contribution >= 4 is 16.2 Å². The Hall–Kier alpha value is -1.37. The van der Waals surface area contributed by atoms with Crippen molar-refractivity contribution < 1.29 is 23.3 Å². The number of aryl methyl sites for hydroxylation is 2. The van der Waals surface area contributed by atoms with Crippen LogP contribution in [0, 0.1) is 32.8 Å². The van der Waals surface area contributed by atoms with Crippen molar-refractivity contribution in [2.24, 2.45) is 5.92 Å². The van der Waals surface area contributed by atoms with Crippen LogP contribution in [0.5, 0.6) is 0 Å². The molecule has 0 amide bonds. The van der Waals surface area contributed by atoms with Crippen molar-refractivity contribution in [3.63, 3.8) is 0 Å². The van der Waals surface area contributed by atoms with Crippen LogP contribution < -0.4 is 0 Å². The summed E-state index contributed by atoms with van der Waals surface area (Å²) >= 11 is 1.74. The summed E-state index contributed by atoms with van der Waals surface area (Å²) in [5, 5.41) is 2.67. The van der Waals surface area contributed by atoms with Gasteiger partial charge in [0.2, 0.25) is 0 Å². The zero-order valence-corrected chi connectivity index (χ0v) is 24.2. The molecule has 1 unspecified atom stereocenters. The summed E-state index contributed by atoms with van der Waals surface area (Å²) in [5.41, 5.74) is 11.3. The third-order valence-electron chi connectivity index (χ3n) is 6.16. The predicted octanol–water partition coefficient (Wildman–Crippen LogP) is 8.66. The molecular weight excluding hydrogens is 468 g/mol. The molecule has 0 saturated heterocycles. The van der Waals surface area contributed by atoms with Gasteiger partial charge in [0.15, 0.2) is 0 Å². The van der Waals surface area contributed by atoms with Crippen molar-refractivity contribution in [2.75, 3.05) is 0 Å². The van der Waals surface area contributed by atoms with Gasteiger partial charge in [-0.3, -0.25) is 6.08 Å². The molecule has 1 aliphatic carbocycles. The number of benzene rings is 2. The Labute approximate surface area is 205 Å². The monoisotopic (exact) mass is 502 g/mol. The molecule has 0 saturated carbocycles. The zero-order chi connectivity index (χ0) is 23.3. The molecule has 2 heteroatoms. The first-order valence-corrected chi connectivity index (χ1v) is 17.2. The van der Waals surface area contributed by atoms with Gasteiger partial charge in [-0.15, -0.1) is 53.6 Å². The van der Waals surface area contributed by atoms with Crippen LogP contribution in [-0.2, 0) is 23.3 Å². The van der Waals surface area contributed by atoms with E-state index >= 15 is 0 Å². The number of hydrogen-bond acceptors (Lipinski definition) is 0. The largest absolute Gasteiger partial charge is 0.150 e. The van der Waals surface area contributed by atoms with Crippen molar-refractivity contribution in [2.45, 2.75) is 61.6 Å². The normalized spacial score (nSPS) is 15.2. The Morgan fingerprint density at radius 2 is 1.48 bits per heavy atom. The van der Waals surface area contributed by atoms with Gasteiger partial charge in [-0.05, 0) is 37.5 Å². The smallest absolute Gasteiger partial charge is 0.0392 e. The summed E-state index contributed by atoms with van der Waals surface area (Å²) < 4.78 is 0. The number of rotatable bonds is 1. The second kappa shape index (κ2) is 11.5. The SMILES string of the molecule is CC1=[C-]C(C)C(C)=C1C.C[Si](C)=[Zr+2].Cc1cc(-c2c[cH-]c3ccccc23)cc(C)c1C. The molecule has 0 N–H and O–H groups in total. The van der Waals surface area contributed by atoms with Crippen LogP contribution in [0.2, 0.25) is 13.1 Å². The van der Waals surface area contributed by atoms with Crippen molar-refractivity contribution in [1.29, 1.82) is 0 Å². The van der Waals surface area contributed by atoms with Crippen LogP contribution in [0.1, 0.15) is 44.4 Å². The maximum Gasteiger partial charge on any atom is -0.0392 e. The summed E-state index contributed by atoms with van der Waals surface area (Å²) in [6.45, 7) is 19.9. The third-order valence-corrected chi connectivity index (χ3v) is 6.16. The minimum Gasteiger partial charge on any atom is -0.150 e. The molecule has 1 aliphatic rings. The molecule has 1 atom stereocenters. The summed E-state index contributed by atoms with van der Waals surface area (Å²) in [6.07, 6.45) is 3.36. The van der Waals surface area contributed by atoms with E-state index in [0.717, 1.165) is 0 Å². The van der Waals surface area contributed by atoms with E-state index in [1.807, 2.05) is 0 Å². The van der Waals surface area contributed by atoms with Gasteiger partial charge in [-0.2, -0.15) is 11.1 Å². The number of hydrogen-bond donors (Lipinski definition) is 0. The van der Waals surface area contributed by atoms with Crippen LogP contribution >= 0.6 is 0 Å². The van der Waals surface area contributed by atoms with Gasteiger partial charge >= 0.3 is 41.9 Å². The van der Waals surface area contributed by atoms with Crippen molar-refractivity contribution in [3.05, 3.63) is 88.0 Å². The van der Waals surface area contributed by atoms with Gasteiger partial charge in [0.05, 0.1) is 0 Å². The van der Waals surface area contributed by atoms with Gasteiger partial charge in [0.25, 0.3) is 0 Å². The molecule has 0 aliphatic heterocycles. The summed E-state index contributed by atoms with van der Waals surface area (Å²) in [7, 11) is 0. The maximum absolute atomic E-state index is 3.36. The third kappa shape index (κ3) is 6.80. The van der Waals surface area contributed by atoms with Crippen molar-refractivity contribution in [1.82, 2.24) is 0 Å². The average molecular weight is 504 g/mol. The maximum atomic E-state index is 3.36. The minimum atomic E-state index is 0.210. The van der Waals surface area contributed by atoms with E-state index in [1.54, 1.807) is 23.3 Å². The molecule has 0 spiro atoms. The van der Waals surface area contributed by atoms with E-state index < -0.39 is 0 Å². The number of allylic oxidation sites excluding steroid dienone is 4. The predicted molar refractivity (Wildman–Crippen MR) is 137 cm³/mol. The first-order chi connectivity index (χ1) is 14.5. The van der Waals surface area contributed by atoms with Gasteiger partial charge < -0.3 is 0 Å². The molecule has 0 aromatic heterocycles. The molecule has 160 valence electrons. The molecule has 0 bridgehead atoms. The second-order valence-corrected chi connectivity index (χ2v) is 18.2. The first-order valence-electron chi connectivity index (χ1n) is 11.0. The fourth-order valence-corrected chi connectivity index (χ4v) is 3.76. The number of fused-ring (bicyclic) bond motifs is 1. The molecule has 0 heterocycles. The summed E-state index contributed by atoms with van der Waals surface area (Å²) in [5.74, 6) is 0.560. The first kappa shape index (κ1) is 25.9. The van der Waals surface area contributed by atoms with Gasteiger partial charge in [-0.25, -0.2) is 5.57 Å². The Balaban J connectivity index is 0.000000220. The Kier molecular flexibility index (Phi) is 9.59. The molecule has 4 rings (SSSR count). The van der Waals surface area contributed by atoms with Crippen LogP contribution in [0.4, 0.5) is 0 Å². The van der Waals surface area contributed by atoms with Crippen LogP contribution in [0.25, 0.3) is 21.9 Å². The summed E-state index contributed by atoms with van der Waals surface area (Å²) in [6, 6.07) is 17.6. The molecule has 3 aromatic carbocycles. The Morgan fingerprint density at radius 3 is 1.94 bits per heavy atom. The van der Waals surface area contributed by atoms with E-state index in [4.69, 9.17) is 0 Å². The van der Waals surface area contributed by atoms with Crippen LogP contribution in [-0.4, -0.2) is 5.43 Å². The van der Waals surface area contributed by atoms with E-state index in [-0.39, 0.29) is 5.43 Å². The molecular formula is C29H36SiZr. The second-order valence-electron chi connectivity index (χ2n) is 8.87. The van der Waals surface area contributed by atoms with E-state index in [2.05, 4.69) is 116 Å². The fourth-order valence-electron chi connectivity index (χ4n) is 3.76. The average Bonchev–Trinajstić information content (AvgIpc) is 3.23. The fraction of sp³-hybridized carbons (Fsp3) is 0.345. The topological polar surface area (TPSA) is 0 Å². The van der Waals surface area contributed by atoms with E-state index in [1.165, 1.54) is 55.3 Å². The van der Waals surface area contributed by atoms with Gasteiger partial charge in [0.1, 0.15) is 0 Å². The molecule has 0 nitrogen and oxygen atoms in total. The molecule has 0 fully saturated rings. The van der Waals surface area contributed by atoms with Crippen molar-refractivity contribution in [3.8, 4) is 11.1 Å². The summed E-state index contributed by atoms with van der Waals surface area (Å²) in [4.78, 5) is 0. The van der Waals surface area contributed by atoms with Gasteiger partial charge in [-0.1, -0.05) is 50.5 Å². The van der Waals surface area contributed by atoms with Gasteiger partial charge in [0, 0.05) is 0 Å². The molecule has 0 radical (unpaired) electrons. The van der Waals surface area contributed by atoms with E-state index in [9.17, 15) is 0 Å². The zero-order valence-electron chi connectivity index (χ0n) is 20.7. The molecule has 31 heavy (non-hydrogen) atoms. The van der Waals surface area contributed by atoms with E-state index in [0.29, 0.717) is 5.92 Å². The Bertz CT molecular complexity index is 1110. The minimum absolute atomic E-state index is 0.210.